The molecule has 0 N–H and O–H groups in total. The van der Waals surface area contributed by atoms with E-state index in [0.717, 1.165) is 180 Å². The number of esters is 6. The number of benzene rings is 3. The minimum absolute atomic E-state index is 0.0775. The molecule has 109 heavy (non-hydrogen) atoms. The van der Waals surface area contributed by atoms with Crippen LogP contribution >= 0.6 is 0 Å². The van der Waals surface area contributed by atoms with E-state index in [4.69, 9.17) is 28.4 Å². The van der Waals surface area contributed by atoms with Crippen LogP contribution in [-0.4, -0.2) is 73.4 Å². The topological polar surface area (TPSA) is 158 Å². The summed E-state index contributed by atoms with van der Waals surface area (Å²) in [5, 5.41) is 0. The fourth-order valence-corrected chi connectivity index (χ4v) is 15.6. The molecular formula is C97H160O12. The Hall–Kier alpha value is -5.52. The van der Waals surface area contributed by atoms with Gasteiger partial charge in [0.1, 0.15) is 31.5 Å². The zero-order chi connectivity index (χ0) is 79.0. The maximum atomic E-state index is 13.8. The maximum Gasteiger partial charge on any atom is 0.306 e. The van der Waals surface area contributed by atoms with Crippen LogP contribution in [0.2, 0.25) is 0 Å². The molecule has 3 rings (SSSR count). The van der Waals surface area contributed by atoms with E-state index in [-0.39, 0.29) is 80.1 Å². The van der Waals surface area contributed by atoms with E-state index in [1.54, 1.807) is 0 Å². The summed E-state index contributed by atoms with van der Waals surface area (Å²) < 4.78 is 36.2. The van der Waals surface area contributed by atoms with Gasteiger partial charge in [0.2, 0.25) is 0 Å². The molecule has 0 saturated heterocycles. The number of carbonyl (C=O) groups excluding carboxylic acids is 6. The highest BCUT2D eigenvalue weighted by Gasteiger charge is 2.25. The molecule has 12 heteroatoms. The summed E-state index contributed by atoms with van der Waals surface area (Å²) in [6.45, 7) is 19.8. The smallest absolute Gasteiger partial charge is 0.306 e. The summed E-state index contributed by atoms with van der Waals surface area (Å²) in [4.78, 5) is 80.6. The molecule has 0 bridgehead atoms. The van der Waals surface area contributed by atoms with Crippen LogP contribution in [0.4, 0.5) is 0 Å². The molecule has 3 aromatic carbocycles. The average Bonchev–Trinajstić information content (AvgIpc) is 0.904. The average molecular weight is 1520 g/mol. The molecule has 0 heterocycles. The van der Waals surface area contributed by atoms with E-state index in [2.05, 4.69) is 135 Å². The normalized spacial score (nSPS) is 13.5. The molecule has 0 aliphatic rings. The molecule has 620 valence electrons. The minimum Gasteiger partial charge on any atom is -0.462 e. The van der Waals surface area contributed by atoms with Crippen molar-refractivity contribution in [3.8, 4) is 0 Å². The Morgan fingerprint density at radius 1 is 0.239 bits per heavy atom. The van der Waals surface area contributed by atoms with Crippen LogP contribution in [0.1, 0.15) is 431 Å². The summed E-state index contributed by atoms with van der Waals surface area (Å²) in [6, 6.07) is 31.6. The van der Waals surface area contributed by atoms with Crippen LogP contribution < -0.4 is 0 Å². The molecule has 7 atom stereocenters. The van der Waals surface area contributed by atoms with Gasteiger partial charge in [0, 0.05) is 38.5 Å². The number of hydrogen-bond acceptors (Lipinski definition) is 12. The van der Waals surface area contributed by atoms with Gasteiger partial charge in [-0.15, -0.1) is 0 Å². The van der Waals surface area contributed by atoms with Crippen LogP contribution in [0.3, 0.4) is 0 Å². The summed E-state index contributed by atoms with van der Waals surface area (Å²) >= 11 is 0. The van der Waals surface area contributed by atoms with Gasteiger partial charge in [-0.3, -0.25) is 28.8 Å². The second-order valence-electron chi connectivity index (χ2n) is 33.6. The van der Waals surface area contributed by atoms with Gasteiger partial charge in [-0.1, -0.05) is 320 Å². The van der Waals surface area contributed by atoms with E-state index in [1.807, 2.05) is 18.2 Å². The number of unbranched alkanes of at least 4 members (excludes halogenated alkanes) is 28. The standard InChI is InChI=1S/C97H160O12/c1-10-13-16-18-19-20-21-22-23-24-25-26-27-33-49-65-92(98)104-77-91(78-105-93(99)66-50-34-28-31-47-61-88(60-46-30-17-14-11-2)106-95(101)71-68-85(74-79(4)5)82-53-40-36-41-54-82)109-94(100)67-51-35-29-32-48-62-90(108-97(103)73-70-87(76-81(8)9)84-57-44-38-45-58-84)64-52-63-89(59-39-15-12-3)107-96(102)72-69-86(75-80(6)7)83-55-42-37-43-56-83/h36-38,40-45,53-58,79-81,85-91H,10-35,39,46-52,59-78H2,1-9H3. The van der Waals surface area contributed by atoms with Crippen LogP contribution in [0.15, 0.2) is 91.0 Å². The summed E-state index contributed by atoms with van der Waals surface area (Å²) in [5.74, 6) is 0.931. The molecule has 0 spiro atoms. The van der Waals surface area contributed by atoms with Crippen molar-refractivity contribution in [1.82, 2.24) is 0 Å². The molecule has 0 aromatic heterocycles. The molecule has 0 amide bonds. The SMILES string of the molecule is CCCCCCCCCCCCCCCCCC(=O)OCC(COC(=O)CCCCCCCC(CCCCCCC)OC(=O)CCC(CC(C)C)c1ccccc1)OC(=O)CCCCCCCC(CCCC(CCCCC)OC(=O)CCC(CC(C)C)c1ccccc1)OC(=O)CCC(CC(C)C)c1ccccc1. The van der Waals surface area contributed by atoms with Crippen molar-refractivity contribution in [2.45, 2.75) is 438 Å². The Bertz CT molecular complexity index is 2680. The summed E-state index contributed by atoms with van der Waals surface area (Å²) in [7, 11) is 0. The molecule has 7 unspecified atom stereocenters. The Morgan fingerprint density at radius 2 is 0.459 bits per heavy atom. The van der Waals surface area contributed by atoms with E-state index >= 15 is 0 Å². The van der Waals surface area contributed by atoms with Gasteiger partial charge in [0.25, 0.3) is 0 Å². The number of hydrogen-bond donors (Lipinski definition) is 0. The molecule has 12 nitrogen and oxygen atoms in total. The van der Waals surface area contributed by atoms with Crippen molar-refractivity contribution in [2.75, 3.05) is 13.2 Å². The van der Waals surface area contributed by atoms with Gasteiger partial charge in [0.15, 0.2) is 6.10 Å². The largest absolute Gasteiger partial charge is 0.462 e. The zero-order valence-electron chi connectivity index (χ0n) is 71.0. The molecule has 0 fully saturated rings. The number of carbonyl (C=O) groups is 6. The Labute approximate surface area is 666 Å². The predicted molar refractivity (Wildman–Crippen MR) is 451 cm³/mol. The van der Waals surface area contributed by atoms with Gasteiger partial charge in [0.05, 0.1) is 0 Å². The minimum atomic E-state index is -0.912. The van der Waals surface area contributed by atoms with Crippen molar-refractivity contribution in [1.29, 1.82) is 0 Å². The van der Waals surface area contributed by atoms with Gasteiger partial charge in [-0.2, -0.15) is 0 Å². The van der Waals surface area contributed by atoms with E-state index < -0.39 is 12.1 Å². The Kier molecular flexibility index (Phi) is 59.1. The number of ether oxygens (including phenoxy) is 6. The Morgan fingerprint density at radius 3 is 0.743 bits per heavy atom. The lowest BCUT2D eigenvalue weighted by atomic mass is 9.87. The predicted octanol–water partition coefficient (Wildman–Crippen LogP) is 27.4. The van der Waals surface area contributed by atoms with Crippen LogP contribution in [-0.2, 0) is 57.2 Å². The quantitative estimate of drug-likeness (QED) is 0.0300. The van der Waals surface area contributed by atoms with Crippen LogP contribution in [0.5, 0.6) is 0 Å². The van der Waals surface area contributed by atoms with Gasteiger partial charge in [-0.25, -0.2) is 0 Å². The lowest BCUT2D eigenvalue weighted by Crippen LogP contribution is -2.30. The first-order chi connectivity index (χ1) is 53.0. The van der Waals surface area contributed by atoms with Gasteiger partial charge in [-0.05, 0) is 181 Å². The van der Waals surface area contributed by atoms with E-state index in [0.29, 0.717) is 74.5 Å². The third-order valence-electron chi connectivity index (χ3n) is 21.8. The monoisotopic (exact) mass is 1520 g/mol. The van der Waals surface area contributed by atoms with Crippen molar-refractivity contribution < 1.29 is 57.2 Å². The van der Waals surface area contributed by atoms with Crippen LogP contribution in [0, 0.1) is 17.8 Å². The molecule has 3 aromatic rings. The molecule has 0 aliphatic carbocycles. The van der Waals surface area contributed by atoms with Crippen molar-refractivity contribution in [3.63, 3.8) is 0 Å². The first-order valence-electron chi connectivity index (χ1n) is 45.2. The highest BCUT2D eigenvalue weighted by Crippen LogP contribution is 2.33. The lowest BCUT2D eigenvalue weighted by Gasteiger charge is -2.23. The summed E-state index contributed by atoms with van der Waals surface area (Å²) in [6.07, 6.45) is 47.4. The highest BCUT2D eigenvalue weighted by atomic mass is 16.6. The van der Waals surface area contributed by atoms with Crippen molar-refractivity contribution >= 4 is 35.8 Å². The number of rotatable bonds is 72. The third-order valence-corrected chi connectivity index (χ3v) is 21.8. The van der Waals surface area contributed by atoms with Gasteiger partial charge >= 0.3 is 35.8 Å². The second-order valence-corrected chi connectivity index (χ2v) is 33.6. The van der Waals surface area contributed by atoms with E-state index in [1.165, 1.54) is 113 Å². The fraction of sp³-hybridized carbons (Fsp3) is 0.753. The Balaban J connectivity index is 1.56. The zero-order valence-corrected chi connectivity index (χ0v) is 71.0. The highest BCUT2D eigenvalue weighted by molar-refractivity contribution is 5.72. The molecule has 0 aliphatic heterocycles. The van der Waals surface area contributed by atoms with Crippen LogP contribution in [0.25, 0.3) is 0 Å². The van der Waals surface area contributed by atoms with Gasteiger partial charge < -0.3 is 28.4 Å². The lowest BCUT2D eigenvalue weighted by molar-refractivity contribution is -0.167. The van der Waals surface area contributed by atoms with E-state index in [9.17, 15) is 28.8 Å². The summed E-state index contributed by atoms with van der Waals surface area (Å²) in [5.41, 5.74) is 3.82. The first-order valence-corrected chi connectivity index (χ1v) is 45.2. The fourth-order valence-electron chi connectivity index (χ4n) is 15.6. The third kappa shape index (κ3) is 54.0. The molecule has 0 saturated carbocycles. The van der Waals surface area contributed by atoms with Crippen molar-refractivity contribution in [2.24, 2.45) is 17.8 Å². The first kappa shape index (κ1) is 97.7. The van der Waals surface area contributed by atoms with Crippen molar-refractivity contribution in [3.05, 3.63) is 108 Å². The second kappa shape index (κ2) is 66.0. The molecular weight excluding hydrogens is 1360 g/mol. The maximum absolute atomic E-state index is 13.8. The molecule has 0 radical (unpaired) electrons.